The Morgan fingerprint density at radius 2 is 1.94 bits per heavy atom. The highest BCUT2D eigenvalue weighted by Gasteiger charge is 1.99. The maximum atomic E-state index is 5.12. The van der Waals surface area contributed by atoms with Crippen LogP contribution in [0.15, 0.2) is 29.3 Å². The van der Waals surface area contributed by atoms with E-state index in [1.807, 2.05) is 31.1 Å². The van der Waals surface area contributed by atoms with Gasteiger partial charge in [0, 0.05) is 27.7 Å². The fraction of sp³-hybridized carbons (Fsp3) is 0.462. The van der Waals surface area contributed by atoms with E-state index in [9.17, 15) is 0 Å². The minimum absolute atomic E-state index is 0.872. The van der Waals surface area contributed by atoms with Crippen LogP contribution in [0.3, 0.4) is 0 Å². The van der Waals surface area contributed by atoms with E-state index in [-0.39, 0.29) is 0 Å². The summed E-state index contributed by atoms with van der Waals surface area (Å²) in [7, 11) is 7.42. The number of aliphatic imine (C=N–C) groups is 1. The number of rotatable bonds is 4. The van der Waals surface area contributed by atoms with Crippen molar-refractivity contribution in [1.82, 2.24) is 10.2 Å². The molecule has 0 aromatic heterocycles. The van der Waals surface area contributed by atoms with Gasteiger partial charge in [0.05, 0.1) is 7.11 Å². The summed E-state index contributed by atoms with van der Waals surface area (Å²) in [6.07, 6.45) is 0.969. The highest BCUT2D eigenvalue weighted by molar-refractivity contribution is 5.79. The van der Waals surface area contributed by atoms with Crippen molar-refractivity contribution >= 4 is 5.96 Å². The summed E-state index contributed by atoms with van der Waals surface area (Å²) in [5, 5.41) is 3.29. The molecule has 0 spiro atoms. The van der Waals surface area contributed by atoms with Crippen molar-refractivity contribution in [1.29, 1.82) is 0 Å². The van der Waals surface area contributed by atoms with Crippen LogP contribution in [0, 0.1) is 0 Å². The molecule has 0 aliphatic rings. The van der Waals surface area contributed by atoms with Gasteiger partial charge < -0.3 is 15.0 Å². The van der Waals surface area contributed by atoms with Crippen LogP contribution in [0.1, 0.15) is 5.56 Å². The molecule has 0 aliphatic heterocycles. The third kappa shape index (κ3) is 4.34. The van der Waals surface area contributed by atoms with Crippen LogP contribution in [0.5, 0.6) is 5.75 Å². The predicted octanol–water partition coefficient (Wildman–Crippen LogP) is 1.37. The zero-order valence-corrected chi connectivity index (χ0v) is 11.0. The molecule has 0 atom stereocenters. The first-order valence-corrected chi connectivity index (χ1v) is 5.68. The Hall–Kier alpha value is -1.71. The van der Waals surface area contributed by atoms with Crippen LogP contribution >= 0.6 is 0 Å². The third-order valence-electron chi connectivity index (χ3n) is 2.49. The molecule has 1 N–H and O–H groups in total. The molecule has 0 radical (unpaired) electrons. The lowest BCUT2D eigenvalue weighted by Crippen LogP contribution is -2.37. The lowest BCUT2D eigenvalue weighted by atomic mass is 10.1. The lowest BCUT2D eigenvalue weighted by molar-refractivity contribution is 0.414. The number of benzene rings is 1. The zero-order valence-electron chi connectivity index (χ0n) is 11.0. The van der Waals surface area contributed by atoms with E-state index in [0.717, 1.165) is 24.7 Å². The summed E-state index contributed by atoms with van der Waals surface area (Å²) >= 11 is 0. The van der Waals surface area contributed by atoms with Gasteiger partial charge >= 0.3 is 0 Å². The number of ether oxygens (including phenoxy) is 1. The molecular weight excluding hydrogens is 214 g/mol. The lowest BCUT2D eigenvalue weighted by Gasteiger charge is -2.16. The van der Waals surface area contributed by atoms with E-state index < -0.39 is 0 Å². The molecule has 0 saturated carbocycles. The number of nitrogens with one attached hydrogen (secondary N) is 1. The van der Waals surface area contributed by atoms with Gasteiger partial charge in [-0.25, -0.2) is 0 Å². The summed E-state index contributed by atoms with van der Waals surface area (Å²) in [4.78, 5) is 6.12. The molecule has 0 bridgehead atoms. The minimum Gasteiger partial charge on any atom is -0.497 e. The van der Waals surface area contributed by atoms with Gasteiger partial charge in [0.15, 0.2) is 5.96 Å². The minimum atomic E-state index is 0.872. The average molecular weight is 235 g/mol. The first-order chi connectivity index (χ1) is 8.17. The summed E-state index contributed by atoms with van der Waals surface area (Å²) < 4.78 is 5.12. The van der Waals surface area contributed by atoms with Crippen LogP contribution in [0.4, 0.5) is 0 Å². The smallest absolute Gasteiger partial charge is 0.193 e. The number of methoxy groups -OCH3 is 1. The quantitative estimate of drug-likeness (QED) is 0.632. The summed E-state index contributed by atoms with van der Waals surface area (Å²) in [5.41, 5.74) is 1.28. The molecule has 1 aromatic carbocycles. The molecular formula is C13H21N3O. The van der Waals surface area contributed by atoms with Crippen molar-refractivity contribution in [2.45, 2.75) is 6.42 Å². The monoisotopic (exact) mass is 235 g/mol. The fourth-order valence-electron chi connectivity index (χ4n) is 1.55. The van der Waals surface area contributed by atoms with Gasteiger partial charge in [-0.3, -0.25) is 4.99 Å². The normalized spacial score (nSPS) is 11.2. The fourth-order valence-corrected chi connectivity index (χ4v) is 1.55. The van der Waals surface area contributed by atoms with Crippen molar-refractivity contribution in [2.24, 2.45) is 4.99 Å². The van der Waals surface area contributed by atoms with Crippen LogP contribution < -0.4 is 10.1 Å². The van der Waals surface area contributed by atoms with E-state index in [1.165, 1.54) is 5.56 Å². The molecule has 0 fully saturated rings. The Morgan fingerprint density at radius 3 is 2.41 bits per heavy atom. The van der Waals surface area contributed by atoms with E-state index in [0.29, 0.717) is 0 Å². The number of hydrogen-bond donors (Lipinski definition) is 1. The molecule has 94 valence electrons. The molecule has 1 aromatic rings. The molecule has 4 nitrogen and oxygen atoms in total. The Bertz CT molecular complexity index is 357. The first kappa shape index (κ1) is 13.4. The Balaban J connectivity index is 2.40. The maximum Gasteiger partial charge on any atom is 0.193 e. The summed E-state index contributed by atoms with van der Waals surface area (Å²) in [6.45, 7) is 0.872. The highest BCUT2D eigenvalue weighted by atomic mass is 16.5. The number of guanidine groups is 1. The second-order valence-corrected chi connectivity index (χ2v) is 3.97. The van der Waals surface area contributed by atoms with E-state index in [4.69, 9.17) is 4.74 Å². The van der Waals surface area contributed by atoms with E-state index >= 15 is 0 Å². The van der Waals surface area contributed by atoms with Crippen molar-refractivity contribution < 1.29 is 4.74 Å². The second kappa shape index (κ2) is 6.78. The van der Waals surface area contributed by atoms with E-state index in [1.54, 1.807) is 14.2 Å². The Labute approximate surface area is 103 Å². The SMILES string of the molecule is CN=C(NCCc1ccc(OC)cc1)N(C)C. The number of hydrogen-bond acceptors (Lipinski definition) is 2. The molecule has 0 heterocycles. The summed E-state index contributed by atoms with van der Waals surface area (Å²) in [5.74, 6) is 1.80. The molecule has 0 unspecified atom stereocenters. The van der Waals surface area contributed by atoms with Gasteiger partial charge in [-0.1, -0.05) is 12.1 Å². The van der Waals surface area contributed by atoms with Crippen LogP contribution in [0.2, 0.25) is 0 Å². The molecule has 0 amide bonds. The van der Waals surface area contributed by atoms with Crippen LogP contribution in [0.25, 0.3) is 0 Å². The van der Waals surface area contributed by atoms with Crippen LogP contribution in [-0.2, 0) is 6.42 Å². The van der Waals surface area contributed by atoms with Gasteiger partial charge in [-0.05, 0) is 24.1 Å². The van der Waals surface area contributed by atoms with Gasteiger partial charge in [0.25, 0.3) is 0 Å². The van der Waals surface area contributed by atoms with E-state index in [2.05, 4.69) is 22.4 Å². The third-order valence-corrected chi connectivity index (χ3v) is 2.49. The molecule has 1 rings (SSSR count). The van der Waals surface area contributed by atoms with Gasteiger partial charge in [0.2, 0.25) is 0 Å². The second-order valence-electron chi connectivity index (χ2n) is 3.97. The Kier molecular flexibility index (Phi) is 5.33. The van der Waals surface area contributed by atoms with Crippen molar-refractivity contribution in [3.8, 4) is 5.75 Å². The van der Waals surface area contributed by atoms with Crippen molar-refractivity contribution in [3.63, 3.8) is 0 Å². The average Bonchev–Trinajstić information content (AvgIpc) is 2.35. The van der Waals surface area contributed by atoms with Crippen molar-refractivity contribution in [2.75, 3.05) is 34.8 Å². The standard InChI is InChI=1S/C13H21N3O/c1-14-13(16(2)3)15-10-9-11-5-7-12(17-4)8-6-11/h5-8H,9-10H2,1-4H3,(H,14,15). The van der Waals surface area contributed by atoms with Gasteiger partial charge in [0.1, 0.15) is 5.75 Å². The largest absolute Gasteiger partial charge is 0.497 e. The predicted molar refractivity (Wildman–Crippen MR) is 71.7 cm³/mol. The topological polar surface area (TPSA) is 36.9 Å². The molecule has 4 heteroatoms. The zero-order chi connectivity index (χ0) is 12.7. The van der Waals surface area contributed by atoms with Gasteiger partial charge in [-0.2, -0.15) is 0 Å². The van der Waals surface area contributed by atoms with Gasteiger partial charge in [-0.15, -0.1) is 0 Å². The highest BCUT2D eigenvalue weighted by Crippen LogP contribution is 2.11. The van der Waals surface area contributed by atoms with Crippen LogP contribution in [-0.4, -0.2) is 45.7 Å². The number of nitrogens with zero attached hydrogens (tertiary/aromatic N) is 2. The molecule has 17 heavy (non-hydrogen) atoms. The Morgan fingerprint density at radius 1 is 1.29 bits per heavy atom. The summed E-state index contributed by atoms with van der Waals surface area (Å²) in [6, 6.07) is 8.13. The maximum absolute atomic E-state index is 5.12. The molecule has 0 aliphatic carbocycles. The molecule has 0 saturated heterocycles. The first-order valence-electron chi connectivity index (χ1n) is 5.68. The van der Waals surface area contributed by atoms with Crippen molar-refractivity contribution in [3.05, 3.63) is 29.8 Å².